The summed E-state index contributed by atoms with van der Waals surface area (Å²) in [6.07, 6.45) is 3.71. The average molecular weight is 572 g/mol. The van der Waals surface area contributed by atoms with E-state index in [0.717, 1.165) is 64.2 Å². The lowest BCUT2D eigenvalue weighted by atomic mass is 9.91. The molecule has 3 heterocycles. The number of benzene rings is 2. The Morgan fingerprint density at radius 1 is 0.976 bits per heavy atom. The lowest BCUT2D eigenvalue weighted by Crippen LogP contribution is -2.37. The number of rotatable bonds is 11. The monoisotopic (exact) mass is 571 g/mol. The summed E-state index contributed by atoms with van der Waals surface area (Å²) in [5.41, 5.74) is 7.89. The van der Waals surface area contributed by atoms with Crippen molar-refractivity contribution in [3.8, 4) is 17.2 Å². The maximum absolute atomic E-state index is 12.9. The summed E-state index contributed by atoms with van der Waals surface area (Å²) in [5, 5.41) is 11.6. The predicted molar refractivity (Wildman–Crippen MR) is 161 cm³/mol. The van der Waals surface area contributed by atoms with Crippen molar-refractivity contribution in [1.29, 1.82) is 0 Å². The van der Waals surface area contributed by atoms with E-state index in [1.165, 1.54) is 0 Å². The van der Waals surface area contributed by atoms with E-state index in [2.05, 4.69) is 23.5 Å². The third-order valence-electron chi connectivity index (χ3n) is 7.62. The molecule has 0 bridgehead atoms. The summed E-state index contributed by atoms with van der Waals surface area (Å²) in [6, 6.07) is 13.7. The number of pyridine rings is 1. The number of hydrazone groups is 2. The quantitative estimate of drug-likeness (QED) is 0.329. The molecule has 1 N–H and O–H groups in total. The number of unbranched alkanes of at least 4 members (excludes halogenated alkanes) is 1. The molecule has 0 aliphatic carbocycles. The first-order valence-electron chi connectivity index (χ1n) is 14.4. The molecule has 0 saturated carbocycles. The van der Waals surface area contributed by atoms with Gasteiger partial charge in [-0.15, -0.1) is 0 Å². The average Bonchev–Trinajstić information content (AvgIpc) is 3.01. The zero-order valence-electron chi connectivity index (χ0n) is 24.6. The summed E-state index contributed by atoms with van der Waals surface area (Å²) in [5.74, 6) is 1.90. The molecule has 10 nitrogen and oxygen atoms in total. The van der Waals surface area contributed by atoms with Crippen LogP contribution in [-0.2, 0) is 16.0 Å². The Bertz CT molecular complexity index is 1550. The highest BCUT2D eigenvalue weighted by Crippen LogP contribution is 2.32. The molecule has 5 rings (SSSR count). The van der Waals surface area contributed by atoms with Crippen molar-refractivity contribution in [3.05, 3.63) is 59.3 Å². The molecule has 2 aliphatic heterocycles. The van der Waals surface area contributed by atoms with Gasteiger partial charge in [0.15, 0.2) is 11.5 Å². The summed E-state index contributed by atoms with van der Waals surface area (Å²) in [6.45, 7) is 5.10. The van der Waals surface area contributed by atoms with E-state index in [9.17, 15) is 9.59 Å². The van der Waals surface area contributed by atoms with Gasteiger partial charge in [0.1, 0.15) is 11.3 Å². The number of fused-ring (bicyclic) bond motifs is 1. The molecule has 3 aromatic rings. The fraction of sp³-hybridized carbons (Fsp3) is 0.406. The van der Waals surface area contributed by atoms with Crippen LogP contribution in [0.5, 0.6) is 17.2 Å². The van der Waals surface area contributed by atoms with Crippen LogP contribution in [0, 0.1) is 5.92 Å². The van der Waals surface area contributed by atoms with Gasteiger partial charge in [-0.1, -0.05) is 19.9 Å². The maximum atomic E-state index is 12.9. The van der Waals surface area contributed by atoms with Crippen LogP contribution >= 0.6 is 0 Å². The molecule has 42 heavy (non-hydrogen) atoms. The van der Waals surface area contributed by atoms with Crippen LogP contribution in [0.3, 0.4) is 0 Å². The van der Waals surface area contributed by atoms with Crippen LogP contribution in [0.4, 0.5) is 0 Å². The van der Waals surface area contributed by atoms with Crippen LogP contribution in [0.25, 0.3) is 10.9 Å². The minimum Gasteiger partial charge on any atom is -0.494 e. The smallest absolute Gasteiger partial charge is 0.243 e. The van der Waals surface area contributed by atoms with Crippen molar-refractivity contribution in [2.75, 3.05) is 27.4 Å². The van der Waals surface area contributed by atoms with Gasteiger partial charge in [-0.2, -0.15) is 10.2 Å². The van der Waals surface area contributed by atoms with Gasteiger partial charge < -0.3 is 14.2 Å². The largest absolute Gasteiger partial charge is 0.494 e. The van der Waals surface area contributed by atoms with Crippen molar-refractivity contribution in [3.63, 3.8) is 0 Å². The first-order chi connectivity index (χ1) is 20.4. The zero-order valence-corrected chi connectivity index (χ0v) is 24.6. The summed E-state index contributed by atoms with van der Waals surface area (Å²) < 4.78 is 17.1. The Morgan fingerprint density at radius 2 is 1.79 bits per heavy atom. The molecule has 0 fully saturated rings. The van der Waals surface area contributed by atoms with E-state index in [0.29, 0.717) is 43.9 Å². The highest BCUT2D eigenvalue weighted by molar-refractivity contribution is 6.14. The Hall–Kier alpha value is -4.47. The molecule has 1 atom stereocenters. The summed E-state index contributed by atoms with van der Waals surface area (Å²) in [7, 11) is 3.25. The van der Waals surface area contributed by atoms with Gasteiger partial charge in [-0.3, -0.25) is 9.59 Å². The fourth-order valence-corrected chi connectivity index (χ4v) is 5.25. The van der Waals surface area contributed by atoms with Gasteiger partial charge >= 0.3 is 0 Å². The van der Waals surface area contributed by atoms with Gasteiger partial charge in [0.2, 0.25) is 11.8 Å². The normalized spacial score (nSPS) is 17.0. The number of nitrogens with one attached hydrogen (secondary N) is 1. The Balaban J connectivity index is 1.23. The predicted octanol–water partition coefficient (Wildman–Crippen LogP) is 4.86. The molecule has 220 valence electrons. The van der Waals surface area contributed by atoms with Crippen molar-refractivity contribution in [2.24, 2.45) is 16.1 Å². The molecule has 0 spiro atoms. The van der Waals surface area contributed by atoms with Crippen molar-refractivity contribution < 1.29 is 23.8 Å². The minimum absolute atomic E-state index is 0.00851. The second kappa shape index (κ2) is 13.0. The van der Waals surface area contributed by atoms with Gasteiger partial charge in [0, 0.05) is 53.9 Å². The molecular weight excluding hydrogens is 534 g/mol. The maximum Gasteiger partial charge on any atom is 0.243 e. The van der Waals surface area contributed by atoms with Gasteiger partial charge in [-0.05, 0) is 55.7 Å². The van der Waals surface area contributed by atoms with E-state index >= 15 is 0 Å². The molecule has 2 aliphatic rings. The van der Waals surface area contributed by atoms with Gasteiger partial charge in [0.25, 0.3) is 0 Å². The number of amides is 2. The zero-order chi connectivity index (χ0) is 29.6. The topological polar surface area (TPSA) is 115 Å². The number of methoxy groups -OCH3 is 2. The third kappa shape index (κ3) is 6.22. The number of nitrogens with zero attached hydrogens (tertiary/aromatic N) is 4. The SMILES string of the molecule is CCc1ccc2c(C3=NN(CCCCOc4ccc(C5=NNC(=O)CC5)cc4OC)C(=O)CC3C)ccc(OC)c2n1. The number of ether oxygens (including phenoxy) is 3. The van der Waals surface area contributed by atoms with Crippen LogP contribution in [0.2, 0.25) is 0 Å². The second-order valence-electron chi connectivity index (χ2n) is 10.5. The number of hydrogen-bond donors (Lipinski definition) is 1. The molecule has 2 aromatic carbocycles. The number of hydrogen-bond acceptors (Lipinski definition) is 8. The Kier molecular flexibility index (Phi) is 9.00. The molecule has 1 aromatic heterocycles. The van der Waals surface area contributed by atoms with Crippen molar-refractivity contribution in [1.82, 2.24) is 15.4 Å². The molecule has 1 unspecified atom stereocenters. The van der Waals surface area contributed by atoms with E-state index in [1.807, 2.05) is 43.3 Å². The number of carbonyl (C=O) groups excluding carboxylic acids is 2. The number of aryl methyl sites for hydroxylation is 1. The molecule has 0 radical (unpaired) electrons. The van der Waals surface area contributed by atoms with Crippen molar-refractivity contribution in [2.45, 2.75) is 52.4 Å². The standard InChI is InChI=1S/C32H37N5O5/c1-5-22-9-10-24-23(11-14-27(40-3)32(24)33-22)31-20(2)18-30(39)37(36-31)16-6-7-17-42-26-13-8-21(19-28(26)41-4)25-12-15-29(38)35-34-25/h8-11,13-14,19-20H,5-7,12,15-18H2,1-4H3,(H,35,38). The molecule has 0 saturated heterocycles. The minimum atomic E-state index is -0.0783. The van der Waals surface area contributed by atoms with Crippen LogP contribution in [0.15, 0.2) is 52.7 Å². The first-order valence-corrected chi connectivity index (χ1v) is 14.4. The van der Waals surface area contributed by atoms with Gasteiger partial charge in [-0.25, -0.2) is 15.4 Å². The highest BCUT2D eigenvalue weighted by Gasteiger charge is 2.28. The highest BCUT2D eigenvalue weighted by atomic mass is 16.5. The van der Waals surface area contributed by atoms with E-state index < -0.39 is 0 Å². The number of aromatic nitrogens is 1. The second-order valence-corrected chi connectivity index (χ2v) is 10.5. The Morgan fingerprint density at radius 3 is 2.52 bits per heavy atom. The lowest BCUT2D eigenvalue weighted by molar-refractivity contribution is -0.132. The van der Waals surface area contributed by atoms with Crippen LogP contribution in [-0.4, -0.2) is 60.6 Å². The van der Waals surface area contributed by atoms with Crippen LogP contribution in [0.1, 0.15) is 62.8 Å². The number of carbonyl (C=O) groups is 2. The summed E-state index contributed by atoms with van der Waals surface area (Å²) >= 11 is 0. The van der Waals surface area contributed by atoms with E-state index in [4.69, 9.17) is 24.3 Å². The first kappa shape index (κ1) is 29.0. The lowest BCUT2D eigenvalue weighted by Gasteiger charge is -2.28. The van der Waals surface area contributed by atoms with E-state index in [1.54, 1.807) is 19.2 Å². The summed E-state index contributed by atoms with van der Waals surface area (Å²) in [4.78, 5) is 29.1. The molecule has 10 heteroatoms. The third-order valence-corrected chi connectivity index (χ3v) is 7.62. The fourth-order valence-electron chi connectivity index (χ4n) is 5.25. The van der Waals surface area contributed by atoms with E-state index in [-0.39, 0.29) is 17.7 Å². The molecular formula is C32H37N5O5. The van der Waals surface area contributed by atoms with Gasteiger partial charge in [0.05, 0.1) is 32.2 Å². The van der Waals surface area contributed by atoms with Crippen molar-refractivity contribution >= 4 is 34.1 Å². The Labute approximate surface area is 245 Å². The molecule has 2 amide bonds. The van der Waals surface area contributed by atoms with Crippen LogP contribution < -0.4 is 19.6 Å².